The summed E-state index contributed by atoms with van der Waals surface area (Å²) in [6.07, 6.45) is -3.36. The average molecular weight is 273 g/mol. The quantitative estimate of drug-likeness (QED) is 0.429. The monoisotopic (exact) mass is 273 g/mol. The highest BCUT2D eigenvalue weighted by atomic mass is 16.7. The first-order valence-electron chi connectivity index (χ1n) is 6.09. The van der Waals surface area contributed by atoms with E-state index < -0.39 is 17.9 Å². The van der Waals surface area contributed by atoms with Crippen LogP contribution in [0, 0.1) is 6.92 Å². The van der Waals surface area contributed by atoms with Gasteiger partial charge in [0.2, 0.25) is 5.91 Å². The Morgan fingerprint density at radius 3 is 2.00 bits per heavy atom. The summed E-state index contributed by atoms with van der Waals surface area (Å²) >= 11 is 0. The number of nitrogens with one attached hydrogen (secondary N) is 1. The fourth-order valence-electron chi connectivity index (χ4n) is 1.53. The Labute approximate surface area is 113 Å². The molecule has 0 aromatic heterocycles. The molecule has 0 spiro atoms. The second-order valence-electron chi connectivity index (χ2n) is 4.12. The first kappa shape index (κ1) is 18.0. The molecule has 1 atom stereocenters. The maximum absolute atomic E-state index is 9.63. The van der Waals surface area contributed by atoms with Gasteiger partial charge in [-0.25, -0.2) is 0 Å². The van der Waals surface area contributed by atoms with E-state index in [-0.39, 0.29) is 0 Å². The van der Waals surface area contributed by atoms with Crippen molar-refractivity contribution >= 4 is 0 Å². The summed E-state index contributed by atoms with van der Waals surface area (Å²) in [5.41, 5.74) is 1.50. The SMILES string of the molecule is CC.Cc1cccc(C(C)C(O)(O)NC(O)(O)O)c1. The van der Waals surface area contributed by atoms with E-state index in [9.17, 15) is 10.2 Å². The van der Waals surface area contributed by atoms with Gasteiger partial charge >= 0.3 is 6.10 Å². The molecule has 0 amide bonds. The molecule has 0 heterocycles. The summed E-state index contributed by atoms with van der Waals surface area (Å²) < 4.78 is 0. The maximum atomic E-state index is 9.63. The van der Waals surface area contributed by atoms with Gasteiger partial charge in [-0.1, -0.05) is 50.6 Å². The van der Waals surface area contributed by atoms with Crippen LogP contribution >= 0.6 is 0 Å². The minimum absolute atomic E-state index is 0.576. The number of rotatable bonds is 4. The summed E-state index contributed by atoms with van der Waals surface area (Å²) in [5, 5.41) is 46.8. The standard InChI is InChI=1S/C11H17NO5.C2H6/c1-7-4-3-5-9(6-7)8(2)10(13,14)12-11(15,16)17;1-2/h3-6,8,12-17H,1-2H3;1-2H3. The minimum atomic E-state index is -3.36. The average Bonchev–Trinajstić information content (AvgIpc) is 2.27. The van der Waals surface area contributed by atoms with E-state index in [1.807, 2.05) is 26.8 Å². The van der Waals surface area contributed by atoms with Crippen molar-refractivity contribution in [1.29, 1.82) is 0 Å². The Hall–Kier alpha value is -1.02. The predicted octanol–water partition coefficient (Wildman–Crippen LogP) is -0.0591. The molecule has 0 bridgehead atoms. The van der Waals surface area contributed by atoms with E-state index in [1.165, 1.54) is 12.2 Å². The van der Waals surface area contributed by atoms with Crippen molar-refractivity contribution in [2.75, 3.05) is 0 Å². The predicted molar refractivity (Wildman–Crippen MR) is 70.6 cm³/mol. The van der Waals surface area contributed by atoms with E-state index in [2.05, 4.69) is 0 Å². The highest BCUT2D eigenvalue weighted by molar-refractivity contribution is 5.26. The van der Waals surface area contributed by atoms with Gasteiger partial charge in [0.1, 0.15) is 0 Å². The van der Waals surface area contributed by atoms with Crippen LogP contribution in [0.5, 0.6) is 0 Å². The number of aliphatic hydroxyl groups is 5. The molecule has 19 heavy (non-hydrogen) atoms. The molecule has 6 nitrogen and oxygen atoms in total. The highest BCUT2D eigenvalue weighted by Gasteiger charge is 2.39. The summed E-state index contributed by atoms with van der Waals surface area (Å²) in [4.78, 5) is 0. The molecular formula is C13H23NO5. The number of benzene rings is 1. The van der Waals surface area contributed by atoms with E-state index in [0.717, 1.165) is 5.56 Å². The van der Waals surface area contributed by atoms with Crippen LogP contribution in [0.2, 0.25) is 0 Å². The van der Waals surface area contributed by atoms with Crippen molar-refractivity contribution in [3.8, 4) is 0 Å². The third kappa shape index (κ3) is 6.11. The molecular weight excluding hydrogens is 250 g/mol. The fraction of sp³-hybridized carbons (Fsp3) is 0.538. The van der Waals surface area contributed by atoms with Crippen LogP contribution in [0.1, 0.15) is 37.8 Å². The lowest BCUT2D eigenvalue weighted by atomic mass is 9.96. The molecule has 0 aliphatic heterocycles. The molecule has 6 N–H and O–H groups in total. The first-order chi connectivity index (χ1) is 8.62. The van der Waals surface area contributed by atoms with Gasteiger partial charge in [-0.05, 0) is 12.5 Å². The minimum Gasteiger partial charge on any atom is -0.353 e. The third-order valence-corrected chi connectivity index (χ3v) is 2.50. The number of hydrogen-bond donors (Lipinski definition) is 6. The van der Waals surface area contributed by atoms with Crippen molar-refractivity contribution in [1.82, 2.24) is 5.32 Å². The van der Waals surface area contributed by atoms with Gasteiger partial charge in [-0.15, -0.1) is 0 Å². The van der Waals surface area contributed by atoms with Crippen molar-refractivity contribution in [2.45, 2.75) is 45.6 Å². The zero-order chi connectivity index (χ0) is 15.3. The van der Waals surface area contributed by atoms with Crippen molar-refractivity contribution in [3.05, 3.63) is 35.4 Å². The molecule has 1 aromatic rings. The van der Waals surface area contributed by atoms with E-state index in [4.69, 9.17) is 15.3 Å². The second-order valence-corrected chi connectivity index (χ2v) is 4.12. The lowest BCUT2D eigenvalue weighted by Crippen LogP contribution is -2.60. The van der Waals surface area contributed by atoms with Crippen molar-refractivity contribution in [3.63, 3.8) is 0 Å². The Kier molecular flexibility index (Phi) is 6.58. The maximum Gasteiger partial charge on any atom is 0.347 e. The van der Waals surface area contributed by atoms with Crippen LogP contribution in [0.4, 0.5) is 0 Å². The zero-order valence-electron chi connectivity index (χ0n) is 11.6. The fourth-order valence-corrected chi connectivity index (χ4v) is 1.53. The Balaban J connectivity index is 0.00000154. The first-order valence-corrected chi connectivity index (χ1v) is 6.09. The number of aryl methyl sites for hydroxylation is 1. The van der Waals surface area contributed by atoms with Crippen LogP contribution < -0.4 is 5.32 Å². The van der Waals surface area contributed by atoms with E-state index in [1.54, 1.807) is 18.2 Å². The van der Waals surface area contributed by atoms with Crippen LogP contribution in [0.15, 0.2) is 24.3 Å². The third-order valence-electron chi connectivity index (χ3n) is 2.50. The van der Waals surface area contributed by atoms with E-state index in [0.29, 0.717) is 5.56 Å². The van der Waals surface area contributed by atoms with E-state index >= 15 is 0 Å². The number of hydrogen-bond acceptors (Lipinski definition) is 6. The second kappa shape index (κ2) is 6.95. The molecule has 0 saturated carbocycles. The lowest BCUT2D eigenvalue weighted by Gasteiger charge is -2.33. The van der Waals surface area contributed by atoms with Crippen LogP contribution in [-0.4, -0.2) is 37.5 Å². The molecule has 6 heteroatoms. The largest absolute Gasteiger partial charge is 0.353 e. The van der Waals surface area contributed by atoms with Crippen LogP contribution in [0.25, 0.3) is 0 Å². The normalized spacial score (nSPS) is 13.5. The van der Waals surface area contributed by atoms with Gasteiger partial charge in [-0.2, -0.15) is 5.32 Å². The van der Waals surface area contributed by atoms with Gasteiger partial charge in [0.25, 0.3) is 0 Å². The van der Waals surface area contributed by atoms with Gasteiger partial charge in [0, 0.05) is 0 Å². The summed E-state index contributed by atoms with van der Waals surface area (Å²) in [7, 11) is 0. The van der Waals surface area contributed by atoms with Crippen LogP contribution in [0.3, 0.4) is 0 Å². The molecule has 1 rings (SSSR count). The summed E-state index contributed by atoms with van der Waals surface area (Å²) in [6, 6.07) is 6.96. The Morgan fingerprint density at radius 1 is 1.05 bits per heavy atom. The summed E-state index contributed by atoms with van der Waals surface area (Å²) in [6.45, 7) is 7.31. The zero-order valence-corrected chi connectivity index (χ0v) is 11.6. The molecule has 0 aliphatic carbocycles. The van der Waals surface area contributed by atoms with Gasteiger partial charge < -0.3 is 25.5 Å². The molecule has 0 aliphatic rings. The smallest absolute Gasteiger partial charge is 0.347 e. The Bertz CT molecular complexity index is 387. The van der Waals surface area contributed by atoms with Gasteiger partial charge in [-0.3, -0.25) is 0 Å². The Morgan fingerprint density at radius 2 is 1.58 bits per heavy atom. The molecule has 1 aromatic carbocycles. The molecule has 0 saturated heterocycles. The molecule has 110 valence electrons. The molecule has 0 fully saturated rings. The topological polar surface area (TPSA) is 113 Å². The molecule has 0 radical (unpaired) electrons. The highest BCUT2D eigenvalue weighted by Crippen LogP contribution is 2.25. The van der Waals surface area contributed by atoms with Crippen LogP contribution in [-0.2, 0) is 0 Å². The van der Waals surface area contributed by atoms with Crippen molar-refractivity contribution in [2.24, 2.45) is 0 Å². The van der Waals surface area contributed by atoms with Crippen molar-refractivity contribution < 1.29 is 25.5 Å². The van der Waals surface area contributed by atoms with Gasteiger partial charge in [0.15, 0.2) is 0 Å². The van der Waals surface area contributed by atoms with Gasteiger partial charge in [0.05, 0.1) is 5.92 Å². The summed E-state index contributed by atoms with van der Waals surface area (Å²) in [5.74, 6) is -3.54. The lowest BCUT2D eigenvalue weighted by molar-refractivity contribution is -0.381. The molecule has 1 unspecified atom stereocenters.